The van der Waals surface area contributed by atoms with Crippen molar-refractivity contribution < 1.29 is 72.9 Å². The lowest BCUT2D eigenvalue weighted by Crippen LogP contribution is -2.65. The Bertz CT molecular complexity index is 3810. The number of nitrogens with one attached hydrogen (secondary N) is 12. The summed E-state index contributed by atoms with van der Waals surface area (Å²) in [5.74, 6) is -11.1. The molecule has 4 aromatic rings. The number of phenols is 1. The second-order valence-corrected chi connectivity index (χ2v) is 29.8. The number of fused-ring (bicyclic) bond motifs is 1. The minimum absolute atomic E-state index is 0.00712. The van der Waals surface area contributed by atoms with E-state index in [4.69, 9.17) is 22.9 Å². The van der Waals surface area contributed by atoms with Crippen molar-refractivity contribution in [3.8, 4) is 5.75 Å². The molecule has 0 aliphatic carbocycles. The predicted molar refractivity (Wildman–Crippen MR) is 428 cm³/mol. The first-order valence-electron chi connectivity index (χ1n) is 38.4. The minimum atomic E-state index is -1.81. The number of aromatic amines is 1. The minimum Gasteiger partial charge on any atom is -0.508 e. The summed E-state index contributed by atoms with van der Waals surface area (Å²) in [4.78, 5) is 178. The molecular weight excluding hydrogens is 1440 g/mol. The number of amides is 11. The molecule has 0 spiro atoms. The normalized spacial score (nSPS) is 15.0. The summed E-state index contributed by atoms with van der Waals surface area (Å²) in [5, 5.41) is 60.9. The van der Waals surface area contributed by atoms with Crippen LogP contribution in [0.2, 0.25) is 0 Å². The number of allylic oxidation sites excluding steroid dienone is 2. The number of nitrogens with zero attached hydrogens (tertiary/aromatic N) is 1. The third-order valence-corrected chi connectivity index (χ3v) is 18.9. The van der Waals surface area contributed by atoms with Gasteiger partial charge in [0.25, 0.3) is 0 Å². The van der Waals surface area contributed by atoms with Crippen LogP contribution in [0.4, 0.5) is 0 Å². The molecule has 0 saturated heterocycles. The molecule has 0 fully saturated rings. The summed E-state index contributed by atoms with van der Waals surface area (Å²) < 4.78 is 0. The van der Waals surface area contributed by atoms with Gasteiger partial charge in [-0.05, 0) is 164 Å². The summed E-state index contributed by atoms with van der Waals surface area (Å²) in [5.41, 5.74) is 21.7. The Kier molecular flexibility index (Phi) is 39.7. The van der Waals surface area contributed by atoms with Crippen molar-refractivity contribution in [2.75, 3.05) is 19.6 Å². The summed E-state index contributed by atoms with van der Waals surface area (Å²) in [6, 6.07) is 9.50. The Balaban J connectivity index is 1.63. The smallest absolute Gasteiger partial charge is 0.326 e. The molecule has 4 rings (SSSR count). The van der Waals surface area contributed by atoms with Crippen LogP contribution >= 0.6 is 0 Å². The number of guanidine groups is 1. The Morgan fingerprint density at radius 3 is 1.57 bits per heavy atom. The van der Waals surface area contributed by atoms with Crippen LogP contribution in [0.25, 0.3) is 10.9 Å². The van der Waals surface area contributed by atoms with Gasteiger partial charge in [-0.25, -0.2) is 4.79 Å². The number of aromatic nitrogens is 1. The Morgan fingerprint density at radius 2 is 1.01 bits per heavy atom. The number of aliphatic carboxylic acids is 1. The van der Waals surface area contributed by atoms with Crippen LogP contribution in [0, 0.1) is 11.8 Å². The van der Waals surface area contributed by atoms with E-state index >= 15 is 9.59 Å². The summed E-state index contributed by atoms with van der Waals surface area (Å²) in [6.07, 6.45) is 7.30. The molecule has 0 bridgehead atoms. The molecule has 0 unspecified atom stereocenters. The van der Waals surface area contributed by atoms with Crippen molar-refractivity contribution in [1.82, 2.24) is 63.5 Å². The molecule has 11 amide bonds. The number of hydrogen-bond acceptors (Lipinski definition) is 17. The van der Waals surface area contributed by atoms with Crippen molar-refractivity contribution >= 4 is 87.8 Å². The van der Waals surface area contributed by atoms with E-state index in [1.807, 2.05) is 45.9 Å². The zero-order valence-electron chi connectivity index (χ0n) is 65.9. The summed E-state index contributed by atoms with van der Waals surface area (Å²) >= 11 is 0. The van der Waals surface area contributed by atoms with Crippen LogP contribution in [0.3, 0.4) is 0 Å². The van der Waals surface area contributed by atoms with Gasteiger partial charge in [0.2, 0.25) is 65.0 Å². The largest absolute Gasteiger partial charge is 0.508 e. The second kappa shape index (κ2) is 47.5. The molecule has 12 atom stereocenters. The zero-order chi connectivity index (χ0) is 83.3. The fraction of sp³-hybridized carbons (Fsp3) is 0.537. The van der Waals surface area contributed by atoms with E-state index in [0.717, 1.165) is 10.9 Å². The third kappa shape index (κ3) is 32.3. The number of aliphatic hydroxyl groups excluding tert-OH is 1. The van der Waals surface area contributed by atoms with E-state index in [0.29, 0.717) is 68.1 Å². The quantitative estimate of drug-likeness (QED) is 0.0130. The highest BCUT2D eigenvalue weighted by Crippen LogP contribution is 2.23. The molecule has 112 heavy (non-hydrogen) atoms. The number of unbranched alkanes of at least 4 members (excludes halogenated alkanes) is 5. The van der Waals surface area contributed by atoms with Gasteiger partial charge in [-0.2, -0.15) is 0 Å². The number of carboxylic acids is 1. The SMILES string of the molecule is C=CCCCC[C@](C)(NC(=O)[C@H](CC(C)C)NC(=O)[C@H](CCCCN)NC(=O)[C@H](CC(C)C)NC(=O)[C@](C)(CCCCC=C)NC(=O)[C@H](Cc1ccccc1)NC(=O)[C@H](Cc1ccc(O)cc1)NC(=O)[C@H](C)NC(=O)[C@@H](N)[C@@H](C)O)C(=O)NCC(=O)N[C@@H](CCCN=C(N)N)C(=O)N[C@@H](Cc1c[nH]c2ccccc12)C(=O)O. The van der Waals surface area contributed by atoms with Gasteiger partial charge in [-0.1, -0.05) is 113 Å². The third-order valence-electron chi connectivity index (χ3n) is 18.9. The fourth-order valence-corrected chi connectivity index (χ4v) is 12.4. The molecule has 0 aliphatic heterocycles. The van der Waals surface area contributed by atoms with Gasteiger partial charge in [0.05, 0.1) is 12.6 Å². The van der Waals surface area contributed by atoms with Crippen LogP contribution in [-0.2, 0) is 76.8 Å². The number of hydrogen-bond donors (Lipinski definition) is 19. The highest BCUT2D eigenvalue weighted by molar-refractivity contribution is 6.01. The molecule has 23 N–H and O–H groups in total. The number of carboxylic acid groups (broad SMARTS) is 1. The van der Waals surface area contributed by atoms with Crippen molar-refractivity contribution in [1.29, 1.82) is 0 Å². The number of carbonyl (C=O) groups is 12. The summed E-state index contributed by atoms with van der Waals surface area (Å²) in [7, 11) is 0. The molecule has 0 aliphatic rings. The number of carbonyl (C=O) groups excluding carboxylic acids is 11. The topological polar surface area (TPSA) is 530 Å². The average molecular weight is 1560 g/mol. The van der Waals surface area contributed by atoms with Gasteiger partial charge in [0.1, 0.15) is 71.2 Å². The van der Waals surface area contributed by atoms with Gasteiger partial charge in [-0.3, -0.25) is 57.7 Å². The molecule has 616 valence electrons. The first kappa shape index (κ1) is 93.6. The molecule has 0 saturated carbocycles. The van der Waals surface area contributed by atoms with Crippen LogP contribution in [0.15, 0.2) is 115 Å². The number of benzene rings is 3. The highest BCUT2D eigenvalue weighted by atomic mass is 16.4. The van der Waals surface area contributed by atoms with Crippen LogP contribution in [0.1, 0.15) is 168 Å². The lowest BCUT2D eigenvalue weighted by molar-refractivity contribution is -0.142. The maximum Gasteiger partial charge on any atom is 0.326 e. The number of rotatable bonds is 52. The zero-order valence-corrected chi connectivity index (χ0v) is 65.9. The van der Waals surface area contributed by atoms with E-state index in [1.54, 1.807) is 54.7 Å². The van der Waals surface area contributed by atoms with E-state index < -0.39 is 149 Å². The number of nitrogens with two attached hydrogens (primary N) is 4. The Morgan fingerprint density at radius 1 is 0.527 bits per heavy atom. The second-order valence-electron chi connectivity index (χ2n) is 29.8. The van der Waals surface area contributed by atoms with E-state index in [9.17, 15) is 63.3 Å². The molecule has 3 aromatic carbocycles. The lowest BCUT2D eigenvalue weighted by atomic mass is 9.91. The first-order valence-corrected chi connectivity index (χ1v) is 38.4. The molecule has 32 nitrogen and oxygen atoms in total. The molecule has 1 heterocycles. The van der Waals surface area contributed by atoms with Crippen molar-refractivity contribution in [3.05, 3.63) is 127 Å². The van der Waals surface area contributed by atoms with Crippen LogP contribution in [0.5, 0.6) is 5.75 Å². The van der Waals surface area contributed by atoms with E-state index in [1.165, 1.54) is 52.0 Å². The number of phenolic OH excluding ortho intramolecular Hbond substituents is 1. The fourth-order valence-electron chi connectivity index (χ4n) is 12.4. The summed E-state index contributed by atoms with van der Waals surface area (Å²) in [6.45, 7) is 20.1. The number of aliphatic hydroxyl groups is 1. The van der Waals surface area contributed by atoms with Crippen molar-refractivity contribution in [3.63, 3.8) is 0 Å². The molecular formula is C80H121N17O15. The maximum atomic E-state index is 15.2. The maximum absolute atomic E-state index is 15.2. The van der Waals surface area contributed by atoms with Crippen molar-refractivity contribution in [2.24, 2.45) is 39.8 Å². The van der Waals surface area contributed by atoms with Gasteiger partial charge in [-0.15, -0.1) is 13.2 Å². The number of aliphatic imine (C=N–C) groups is 1. The molecule has 0 radical (unpaired) electrons. The van der Waals surface area contributed by atoms with Gasteiger partial charge in [0.15, 0.2) is 5.96 Å². The van der Waals surface area contributed by atoms with Gasteiger partial charge >= 0.3 is 5.97 Å². The number of H-pyrrole nitrogens is 1. The first-order chi connectivity index (χ1) is 53.0. The average Bonchev–Trinajstić information content (AvgIpc) is 1.28. The monoisotopic (exact) mass is 1560 g/mol. The van der Waals surface area contributed by atoms with E-state index in [2.05, 4.69) is 81.6 Å². The molecule has 1 aromatic heterocycles. The number of aromatic hydroxyl groups is 1. The van der Waals surface area contributed by atoms with Gasteiger partial charge < -0.3 is 102 Å². The Hall–Kier alpha value is -10.7. The van der Waals surface area contributed by atoms with Crippen LogP contribution < -0.4 is 81.4 Å². The molecule has 32 heteroatoms. The van der Waals surface area contributed by atoms with Gasteiger partial charge in [0, 0.05) is 42.9 Å². The van der Waals surface area contributed by atoms with E-state index in [-0.39, 0.29) is 101 Å². The standard InChI is InChI=1S/C80H121N17O15/c1-11-13-15-23-37-79(9,76(111)87-47-65(100)89-58(32-26-40-85-78(83)84)68(102)94-64(75(109)110)45-54-46-86-57-30-21-20-29-56(54)57)96-72(106)61(42-49(5)6)92-69(103)59(31-22-25-39-81)90-70(104)60(41-48(3)4)95-77(112)80(10,38-24-16-14-12-2)97-73(107)63(43-52-27-18-17-19-28-52)93-71(105)62(44-53-33-35-55(99)36-34-53)91-67(101)50(7)88-74(108)66(82)51(8)98/h11-12,17-21,27-30,33-36,46,48-51,58-64,66,86,98-99H,1-2,13-16,22-26,31-32,37-45,47,81-82H2,3-10H3,(H,87,111)(H,88,108)(H,89,100)(H,90,104)(H,91,101)(H,92,103)(H,93,105)(H,94,102)(H,95,112)(H,96,106)(H,97,107)(H,109,110)(H4,83,84,85)/t50-,51+,58-,59-,60-,61-,62-,63-,64-,66-,79-,80-/m0/s1. The highest BCUT2D eigenvalue weighted by Gasteiger charge is 2.42. The lowest BCUT2D eigenvalue weighted by Gasteiger charge is -2.34. The number of para-hydroxylation sites is 1. The van der Waals surface area contributed by atoms with Crippen molar-refractivity contribution in [2.45, 2.75) is 243 Å². The predicted octanol–water partition coefficient (Wildman–Crippen LogP) is 2.23. The van der Waals surface area contributed by atoms with Crippen LogP contribution in [-0.4, -0.2) is 188 Å². The Labute approximate surface area is 656 Å².